The molecule has 104 valence electrons. The molecule has 21 heavy (non-hydrogen) atoms. The molecule has 0 spiro atoms. The normalized spacial score (nSPS) is 9.43. The molecular weight excluding hydrogens is 264 g/mol. The third-order valence-corrected chi connectivity index (χ3v) is 3.11. The molecule has 0 bridgehead atoms. The molecule has 0 aliphatic heterocycles. The van der Waals surface area contributed by atoms with Crippen LogP contribution in [0.2, 0.25) is 0 Å². The monoisotopic (exact) mass is 278 g/mol. The van der Waals surface area contributed by atoms with Crippen molar-refractivity contribution in [3.05, 3.63) is 22.5 Å². The van der Waals surface area contributed by atoms with Crippen molar-refractivity contribution in [3.8, 4) is 24.3 Å². The lowest BCUT2D eigenvalue weighted by Crippen LogP contribution is -2.10. The molecule has 0 saturated heterocycles. The average molecular weight is 278 g/mol. The largest absolute Gasteiger partial charge is 0.396 e. The highest BCUT2D eigenvalue weighted by atomic mass is 14.8. The van der Waals surface area contributed by atoms with Crippen LogP contribution in [0.1, 0.15) is 54.6 Å². The van der Waals surface area contributed by atoms with Crippen LogP contribution in [0.15, 0.2) is 0 Å². The Morgan fingerprint density at radius 1 is 1.05 bits per heavy atom. The van der Waals surface area contributed by atoms with E-state index in [1.54, 1.807) is 12.1 Å². The lowest BCUT2D eigenvalue weighted by atomic mass is 9.96. The fraction of sp³-hybridized carbons (Fsp3) is 0.400. The summed E-state index contributed by atoms with van der Waals surface area (Å²) in [4.78, 5) is 4.22. The number of nitrogens with two attached hydrogens (primary N) is 1. The number of hydrogen-bond donors (Lipinski definition) is 1. The molecule has 6 nitrogen and oxygen atoms in total. The van der Waals surface area contributed by atoms with Crippen molar-refractivity contribution in [2.45, 2.75) is 38.5 Å². The molecular formula is C15H14N6. The van der Waals surface area contributed by atoms with Crippen LogP contribution in [0, 0.1) is 45.3 Å². The summed E-state index contributed by atoms with van der Waals surface area (Å²) >= 11 is 0. The second-order valence-electron chi connectivity index (χ2n) is 4.48. The van der Waals surface area contributed by atoms with E-state index in [1.807, 2.05) is 12.1 Å². The Morgan fingerprint density at radius 2 is 1.67 bits per heavy atom. The molecule has 0 aromatic carbocycles. The maximum atomic E-state index is 9.21. The van der Waals surface area contributed by atoms with Crippen molar-refractivity contribution in [2.24, 2.45) is 0 Å². The van der Waals surface area contributed by atoms with Crippen LogP contribution in [-0.2, 0) is 6.42 Å². The maximum Gasteiger partial charge on any atom is 0.176 e. The molecule has 6 heteroatoms. The average Bonchev–Trinajstić information content (AvgIpc) is 2.49. The number of unbranched alkanes of at least 4 members (excludes halogenated alkanes) is 2. The summed E-state index contributed by atoms with van der Waals surface area (Å²) < 4.78 is 0. The number of nitrogens with zero attached hydrogens (tertiary/aromatic N) is 5. The Bertz CT molecular complexity index is 679. The molecule has 1 rings (SSSR count). The molecule has 1 aromatic rings. The van der Waals surface area contributed by atoms with Crippen molar-refractivity contribution in [2.75, 3.05) is 5.73 Å². The summed E-state index contributed by atoms with van der Waals surface area (Å²) in [5.74, 6) is -1.17. The predicted octanol–water partition coefficient (Wildman–Crippen LogP) is 2.27. The molecule has 0 aliphatic carbocycles. The molecule has 2 N–H and O–H groups in total. The summed E-state index contributed by atoms with van der Waals surface area (Å²) in [7, 11) is 0. The van der Waals surface area contributed by atoms with E-state index in [2.05, 4.69) is 11.9 Å². The van der Waals surface area contributed by atoms with Gasteiger partial charge in [-0.2, -0.15) is 21.0 Å². The van der Waals surface area contributed by atoms with Gasteiger partial charge >= 0.3 is 0 Å². The molecule has 0 amide bonds. The number of hydrogen-bond acceptors (Lipinski definition) is 6. The first kappa shape index (κ1) is 16.0. The number of rotatable bonds is 5. The van der Waals surface area contributed by atoms with Gasteiger partial charge in [0.2, 0.25) is 0 Å². The summed E-state index contributed by atoms with van der Waals surface area (Å²) in [6.07, 6.45) is 3.34. The van der Waals surface area contributed by atoms with E-state index in [4.69, 9.17) is 21.5 Å². The molecule has 0 saturated carbocycles. The highest BCUT2D eigenvalue weighted by molar-refractivity contribution is 5.68. The molecule has 0 fully saturated rings. The van der Waals surface area contributed by atoms with Crippen molar-refractivity contribution in [1.29, 1.82) is 21.0 Å². The van der Waals surface area contributed by atoms with Gasteiger partial charge in [-0.3, -0.25) is 4.98 Å². The van der Waals surface area contributed by atoms with Gasteiger partial charge in [0.1, 0.15) is 17.7 Å². The van der Waals surface area contributed by atoms with Crippen molar-refractivity contribution >= 4 is 5.69 Å². The van der Waals surface area contributed by atoms with E-state index in [-0.39, 0.29) is 22.5 Å². The quantitative estimate of drug-likeness (QED) is 0.821. The third-order valence-electron chi connectivity index (χ3n) is 3.11. The number of aromatic nitrogens is 1. The Balaban J connectivity index is 3.47. The number of nitrogen functional groups attached to an aromatic ring is 1. The van der Waals surface area contributed by atoms with E-state index < -0.39 is 5.92 Å². The van der Waals surface area contributed by atoms with Crippen molar-refractivity contribution in [1.82, 2.24) is 4.98 Å². The van der Waals surface area contributed by atoms with Gasteiger partial charge in [-0.1, -0.05) is 19.8 Å². The van der Waals surface area contributed by atoms with E-state index in [0.717, 1.165) is 19.3 Å². The lowest BCUT2D eigenvalue weighted by Gasteiger charge is -2.12. The Kier molecular flexibility index (Phi) is 5.69. The second kappa shape index (κ2) is 7.49. The SMILES string of the molecule is CCCCCc1nc(C(C#N)C#N)c(C#N)c(N)c1C#N. The molecule has 0 atom stereocenters. The van der Waals surface area contributed by atoms with Gasteiger partial charge in [0.05, 0.1) is 34.8 Å². The minimum Gasteiger partial charge on any atom is -0.396 e. The van der Waals surface area contributed by atoms with E-state index >= 15 is 0 Å². The fourth-order valence-electron chi connectivity index (χ4n) is 2.00. The van der Waals surface area contributed by atoms with Crippen LogP contribution >= 0.6 is 0 Å². The van der Waals surface area contributed by atoms with Crippen LogP contribution < -0.4 is 5.73 Å². The van der Waals surface area contributed by atoms with Gasteiger partial charge in [-0.05, 0) is 12.8 Å². The topological polar surface area (TPSA) is 134 Å². The molecule has 0 radical (unpaired) electrons. The second-order valence-corrected chi connectivity index (χ2v) is 4.48. The first-order valence-electron chi connectivity index (χ1n) is 6.56. The van der Waals surface area contributed by atoms with Crippen LogP contribution in [0.3, 0.4) is 0 Å². The van der Waals surface area contributed by atoms with E-state index in [9.17, 15) is 5.26 Å². The molecule has 1 aromatic heterocycles. The van der Waals surface area contributed by atoms with Crippen LogP contribution in [0.5, 0.6) is 0 Å². The molecule has 1 heterocycles. The maximum absolute atomic E-state index is 9.21. The summed E-state index contributed by atoms with van der Waals surface area (Å²) in [6, 6.07) is 7.38. The highest BCUT2D eigenvalue weighted by Crippen LogP contribution is 2.27. The predicted molar refractivity (Wildman–Crippen MR) is 75.3 cm³/mol. The van der Waals surface area contributed by atoms with Gasteiger partial charge in [0.15, 0.2) is 5.92 Å². The zero-order valence-corrected chi connectivity index (χ0v) is 11.7. The van der Waals surface area contributed by atoms with Crippen molar-refractivity contribution < 1.29 is 0 Å². The fourth-order valence-corrected chi connectivity index (χ4v) is 2.00. The number of pyridine rings is 1. The van der Waals surface area contributed by atoms with Crippen LogP contribution in [-0.4, -0.2) is 4.98 Å². The Hall–Kier alpha value is -3.09. The van der Waals surface area contributed by atoms with Gasteiger partial charge in [-0.25, -0.2) is 0 Å². The summed E-state index contributed by atoms with van der Waals surface area (Å²) in [5.41, 5.74) is 6.47. The van der Waals surface area contributed by atoms with Gasteiger partial charge in [0, 0.05) is 0 Å². The van der Waals surface area contributed by atoms with Crippen molar-refractivity contribution in [3.63, 3.8) is 0 Å². The Morgan fingerprint density at radius 3 is 2.14 bits per heavy atom. The van der Waals surface area contributed by atoms with Gasteiger partial charge in [-0.15, -0.1) is 0 Å². The highest BCUT2D eigenvalue weighted by Gasteiger charge is 2.23. The van der Waals surface area contributed by atoms with Crippen LogP contribution in [0.25, 0.3) is 0 Å². The first-order valence-corrected chi connectivity index (χ1v) is 6.56. The van der Waals surface area contributed by atoms with Gasteiger partial charge < -0.3 is 5.73 Å². The summed E-state index contributed by atoms with van der Waals surface area (Å²) in [6.45, 7) is 2.05. The molecule has 0 aliphatic rings. The Labute approximate surface area is 123 Å². The number of anilines is 1. The smallest absolute Gasteiger partial charge is 0.176 e. The zero-order chi connectivity index (χ0) is 15.8. The van der Waals surface area contributed by atoms with Crippen LogP contribution in [0.4, 0.5) is 5.69 Å². The lowest BCUT2D eigenvalue weighted by molar-refractivity contribution is 0.703. The number of aryl methyl sites for hydroxylation is 1. The summed E-state index contributed by atoms with van der Waals surface area (Å²) in [5, 5.41) is 36.4. The third kappa shape index (κ3) is 3.27. The standard InChI is InChI=1S/C15H14N6/c1-2-3-4-5-13-11(8-18)14(20)12(9-19)15(21-13)10(6-16)7-17/h10H,2-5H2,1H3,(H2,20,21). The minimum atomic E-state index is -1.17. The zero-order valence-electron chi connectivity index (χ0n) is 11.7. The first-order chi connectivity index (χ1) is 10.1. The van der Waals surface area contributed by atoms with Gasteiger partial charge in [0.25, 0.3) is 0 Å². The molecule has 0 unspecified atom stereocenters. The number of nitriles is 4. The minimum absolute atomic E-state index is 0.00648. The van der Waals surface area contributed by atoms with E-state index in [1.165, 1.54) is 0 Å². The van der Waals surface area contributed by atoms with E-state index in [0.29, 0.717) is 12.1 Å².